The van der Waals surface area contributed by atoms with Crippen molar-refractivity contribution in [3.63, 3.8) is 0 Å². The summed E-state index contributed by atoms with van der Waals surface area (Å²) in [5.74, 6) is 1.72. The summed E-state index contributed by atoms with van der Waals surface area (Å²) in [5.41, 5.74) is 2.16. The first-order chi connectivity index (χ1) is 5.43. The van der Waals surface area contributed by atoms with Crippen LogP contribution in [0.25, 0.3) is 0 Å². The van der Waals surface area contributed by atoms with Crippen LogP contribution in [0.4, 0.5) is 0 Å². The Labute approximate surface area is 77.1 Å². The van der Waals surface area contributed by atoms with Crippen molar-refractivity contribution in [2.45, 2.75) is 47.5 Å². The number of hydrogen-bond acceptors (Lipinski definition) is 0. The van der Waals surface area contributed by atoms with Crippen LogP contribution in [0.1, 0.15) is 47.5 Å². The molecule has 1 aliphatic rings. The van der Waals surface area contributed by atoms with Gasteiger partial charge in [0.2, 0.25) is 0 Å². The van der Waals surface area contributed by atoms with E-state index in [0.29, 0.717) is 5.41 Å². The molecule has 0 aliphatic heterocycles. The van der Waals surface area contributed by atoms with Gasteiger partial charge in [-0.2, -0.15) is 0 Å². The molecule has 0 bridgehead atoms. The topological polar surface area (TPSA) is 0 Å². The van der Waals surface area contributed by atoms with Crippen LogP contribution < -0.4 is 0 Å². The lowest BCUT2D eigenvalue weighted by atomic mass is 9.91. The highest BCUT2D eigenvalue weighted by Crippen LogP contribution is 2.46. The van der Waals surface area contributed by atoms with Crippen LogP contribution in [0.3, 0.4) is 0 Å². The molecule has 1 rings (SSSR count). The molecule has 0 amide bonds. The smallest absolute Gasteiger partial charge is 0.00375 e. The molecular weight excluding hydrogens is 144 g/mol. The Morgan fingerprint density at radius 3 is 2.08 bits per heavy atom. The Bertz CT molecular complexity index is 184. The largest absolute Gasteiger partial charge is 0.0748 e. The van der Waals surface area contributed by atoms with Crippen molar-refractivity contribution in [2.75, 3.05) is 0 Å². The normalized spacial score (nSPS) is 22.3. The maximum atomic E-state index is 2.40. The maximum absolute atomic E-state index is 2.40. The molecule has 0 spiro atoms. The van der Waals surface area contributed by atoms with Crippen molar-refractivity contribution in [1.29, 1.82) is 0 Å². The van der Waals surface area contributed by atoms with Crippen molar-refractivity contribution in [1.82, 2.24) is 0 Å². The summed E-state index contributed by atoms with van der Waals surface area (Å²) in [6.07, 6.45) is 5.10. The molecule has 1 unspecified atom stereocenters. The summed E-state index contributed by atoms with van der Waals surface area (Å²) >= 11 is 0. The molecule has 0 radical (unpaired) electrons. The second kappa shape index (κ2) is 3.24. The number of hydrogen-bond donors (Lipinski definition) is 0. The third kappa shape index (κ3) is 2.36. The van der Waals surface area contributed by atoms with Crippen molar-refractivity contribution < 1.29 is 0 Å². The third-order valence-corrected chi connectivity index (χ3v) is 3.29. The number of allylic oxidation sites excluding steroid dienone is 2. The summed E-state index contributed by atoms with van der Waals surface area (Å²) in [4.78, 5) is 0. The van der Waals surface area contributed by atoms with Gasteiger partial charge in [-0.15, -0.1) is 0 Å². The Morgan fingerprint density at radius 2 is 1.75 bits per heavy atom. The van der Waals surface area contributed by atoms with E-state index in [4.69, 9.17) is 0 Å². The van der Waals surface area contributed by atoms with E-state index in [-0.39, 0.29) is 0 Å². The molecule has 0 fully saturated rings. The summed E-state index contributed by atoms with van der Waals surface area (Å²) in [5, 5.41) is 0. The molecule has 0 aromatic heterocycles. The standard InChI is InChI=1S/C12H22/c1-9(2)10(3)6-7-11-8-12(11,4)5/h8-10H,6-7H2,1-5H3. The Balaban J connectivity index is 2.16. The monoisotopic (exact) mass is 166 g/mol. The number of rotatable bonds is 4. The van der Waals surface area contributed by atoms with Gasteiger partial charge in [-0.1, -0.05) is 46.3 Å². The first kappa shape index (κ1) is 9.83. The van der Waals surface area contributed by atoms with Crippen molar-refractivity contribution in [3.05, 3.63) is 11.6 Å². The van der Waals surface area contributed by atoms with E-state index in [1.165, 1.54) is 12.8 Å². The van der Waals surface area contributed by atoms with Crippen LogP contribution in [0.5, 0.6) is 0 Å². The molecule has 0 nitrogen and oxygen atoms in total. The van der Waals surface area contributed by atoms with Gasteiger partial charge in [0.15, 0.2) is 0 Å². The Morgan fingerprint density at radius 1 is 1.25 bits per heavy atom. The van der Waals surface area contributed by atoms with Crippen LogP contribution in [-0.2, 0) is 0 Å². The summed E-state index contributed by atoms with van der Waals surface area (Å²) in [6.45, 7) is 11.6. The summed E-state index contributed by atoms with van der Waals surface area (Å²) in [7, 11) is 0. The zero-order valence-corrected chi connectivity index (χ0v) is 9.15. The highest BCUT2D eigenvalue weighted by Gasteiger charge is 2.32. The fourth-order valence-electron chi connectivity index (χ4n) is 1.51. The molecule has 70 valence electrons. The Kier molecular flexibility index (Phi) is 2.65. The van der Waals surface area contributed by atoms with Crippen LogP contribution >= 0.6 is 0 Å². The van der Waals surface area contributed by atoms with Gasteiger partial charge in [0.1, 0.15) is 0 Å². The molecule has 1 atom stereocenters. The van der Waals surface area contributed by atoms with E-state index >= 15 is 0 Å². The third-order valence-electron chi connectivity index (χ3n) is 3.29. The van der Waals surface area contributed by atoms with Crippen LogP contribution in [0.2, 0.25) is 0 Å². The van der Waals surface area contributed by atoms with Gasteiger partial charge in [0, 0.05) is 5.41 Å². The van der Waals surface area contributed by atoms with Gasteiger partial charge in [-0.05, 0) is 24.7 Å². The quantitative estimate of drug-likeness (QED) is 0.553. The average molecular weight is 166 g/mol. The van der Waals surface area contributed by atoms with E-state index in [1.54, 1.807) is 5.57 Å². The van der Waals surface area contributed by atoms with Gasteiger partial charge in [-0.25, -0.2) is 0 Å². The van der Waals surface area contributed by atoms with E-state index in [0.717, 1.165) is 11.8 Å². The molecule has 0 N–H and O–H groups in total. The second-order valence-electron chi connectivity index (χ2n) is 5.15. The first-order valence-corrected chi connectivity index (χ1v) is 5.15. The molecule has 0 saturated heterocycles. The SMILES string of the molecule is CC(C)C(C)CCC1=CC1(C)C. The molecule has 0 heterocycles. The molecule has 1 aliphatic carbocycles. The molecule has 0 aromatic carbocycles. The lowest BCUT2D eigenvalue weighted by molar-refractivity contribution is 0.390. The lowest BCUT2D eigenvalue weighted by Crippen LogP contribution is -2.04. The lowest BCUT2D eigenvalue weighted by Gasteiger charge is -2.15. The van der Waals surface area contributed by atoms with Gasteiger partial charge in [-0.3, -0.25) is 0 Å². The van der Waals surface area contributed by atoms with Gasteiger partial charge < -0.3 is 0 Å². The van der Waals surface area contributed by atoms with E-state index in [1.807, 2.05) is 0 Å². The van der Waals surface area contributed by atoms with Gasteiger partial charge in [0.25, 0.3) is 0 Å². The summed E-state index contributed by atoms with van der Waals surface area (Å²) < 4.78 is 0. The van der Waals surface area contributed by atoms with Crippen LogP contribution in [0.15, 0.2) is 11.6 Å². The zero-order valence-electron chi connectivity index (χ0n) is 9.15. The Hall–Kier alpha value is -0.260. The molecular formula is C12H22. The molecule has 0 heteroatoms. The fraction of sp³-hybridized carbons (Fsp3) is 0.833. The van der Waals surface area contributed by atoms with Crippen LogP contribution in [-0.4, -0.2) is 0 Å². The van der Waals surface area contributed by atoms with Crippen molar-refractivity contribution in [3.8, 4) is 0 Å². The minimum absolute atomic E-state index is 0.483. The zero-order chi connectivity index (χ0) is 9.35. The predicted molar refractivity (Wildman–Crippen MR) is 55.1 cm³/mol. The van der Waals surface area contributed by atoms with Crippen molar-refractivity contribution >= 4 is 0 Å². The van der Waals surface area contributed by atoms with Gasteiger partial charge >= 0.3 is 0 Å². The minimum atomic E-state index is 0.483. The highest BCUT2D eigenvalue weighted by molar-refractivity contribution is 5.35. The van der Waals surface area contributed by atoms with E-state index < -0.39 is 0 Å². The second-order valence-corrected chi connectivity index (χ2v) is 5.15. The van der Waals surface area contributed by atoms with E-state index in [9.17, 15) is 0 Å². The predicted octanol–water partition coefficient (Wildman–Crippen LogP) is 4.02. The van der Waals surface area contributed by atoms with Crippen molar-refractivity contribution in [2.24, 2.45) is 17.3 Å². The minimum Gasteiger partial charge on any atom is -0.0748 e. The maximum Gasteiger partial charge on any atom is 0.00375 e. The molecule has 0 saturated carbocycles. The van der Waals surface area contributed by atoms with Gasteiger partial charge in [0.05, 0.1) is 0 Å². The molecule has 0 aromatic rings. The molecule has 12 heavy (non-hydrogen) atoms. The fourth-order valence-corrected chi connectivity index (χ4v) is 1.51. The average Bonchev–Trinajstić information content (AvgIpc) is 2.54. The first-order valence-electron chi connectivity index (χ1n) is 5.15. The highest BCUT2D eigenvalue weighted by atomic mass is 14.4. The summed E-state index contributed by atoms with van der Waals surface area (Å²) in [6, 6.07) is 0. The van der Waals surface area contributed by atoms with E-state index in [2.05, 4.69) is 40.7 Å². The van der Waals surface area contributed by atoms with Crippen LogP contribution in [0, 0.1) is 17.3 Å².